The van der Waals surface area contributed by atoms with Crippen LogP contribution in [-0.4, -0.2) is 11.8 Å². The van der Waals surface area contributed by atoms with Crippen LogP contribution in [0.1, 0.15) is 17.4 Å². The van der Waals surface area contributed by atoms with E-state index in [2.05, 4.69) is 11.9 Å². The molecule has 0 aliphatic carbocycles. The maximum Gasteiger partial charge on any atom is 0.258 e. The van der Waals surface area contributed by atoms with Gasteiger partial charge < -0.3 is 0 Å². The van der Waals surface area contributed by atoms with Crippen LogP contribution >= 0.6 is 11.3 Å². The highest BCUT2D eigenvalue weighted by molar-refractivity contribution is 7.11. The first kappa shape index (κ1) is 14.9. The molecule has 1 aromatic carbocycles. The normalized spacial score (nSPS) is 11.0. The molecule has 1 aromatic heterocycles. The Morgan fingerprint density at radius 2 is 1.81 bits per heavy atom. The Labute approximate surface area is 127 Å². The molecule has 3 nitrogen and oxygen atoms in total. The fourth-order valence-corrected chi connectivity index (χ4v) is 2.35. The van der Waals surface area contributed by atoms with Crippen LogP contribution in [0.3, 0.4) is 0 Å². The van der Waals surface area contributed by atoms with Crippen LogP contribution in [0.15, 0.2) is 60.0 Å². The van der Waals surface area contributed by atoms with Crippen LogP contribution in [0.2, 0.25) is 0 Å². The Balaban J connectivity index is 2.35. The monoisotopic (exact) mass is 297 g/mol. The number of hydrogen-bond donors (Lipinski definition) is 1. The summed E-state index contributed by atoms with van der Waals surface area (Å²) in [6.45, 7) is 5.10. The molecule has 21 heavy (non-hydrogen) atoms. The number of amides is 2. The second kappa shape index (κ2) is 6.81. The summed E-state index contributed by atoms with van der Waals surface area (Å²) >= 11 is 1.53. The molecule has 0 aliphatic heterocycles. The van der Waals surface area contributed by atoms with Crippen molar-refractivity contribution in [2.45, 2.75) is 6.92 Å². The SMILES string of the molecule is C=C(C)C(=O)NC(=O)/C(=C/c1cccs1)c1ccccc1. The van der Waals surface area contributed by atoms with Gasteiger partial charge in [-0.3, -0.25) is 14.9 Å². The minimum atomic E-state index is -0.465. The van der Waals surface area contributed by atoms with Crippen molar-refractivity contribution >= 4 is 34.8 Å². The first-order valence-corrected chi connectivity index (χ1v) is 7.27. The zero-order valence-corrected chi connectivity index (χ0v) is 12.4. The lowest BCUT2D eigenvalue weighted by Crippen LogP contribution is -2.31. The predicted molar refractivity (Wildman–Crippen MR) is 86.6 cm³/mol. The van der Waals surface area contributed by atoms with E-state index in [0.717, 1.165) is 10.4 Å². The van der Waals surface area contributed by atoms with E-state index in [1.54, 1.807) is 13.0 Å². The van der Waals surface area contributed by atoms with Crippen LogP contribution in [-0.2, 0) is 9.59 Å². The fraction of sp³-hybridized carbons (Fsp3) is 0.0588. The minimum absolute atomic E-state index is 0.298. The van der Waals surface area contributed by atoms with Gasteiger partial charge in [-0.15, -0.1) is 11.3 Å². The summed E-state index contributed by atoms with van der Waals surface area (Å²) in [6.07, 6.45) is 1.78. The Kier molecular flexibility index (Phi) is 4.85. The molecule has 0 radical (unpaired) electrons. The summed E-state index contributed by atoms with van der Waals surface area (Å²) in [5, 5.41) is 4.29. The average molecular weight is 297 g/mol. The molecule has 2 aromatic rings. The van der Waals surface area contributed by atoms with Gasteiger partial charge in [0, 0.05) is 16.0 Å². The number of carbonyl (C=O) groups is 2. The Hall–Kier alpha value is -2.46. The quantitative estimate of drug-likeness (QED) is 0.878. The molecule has 1 heterocycles. The Morgan fingerprint density at radius 1 is 1.10 bits per heavy atom. The van der Waals surface area contributed by atoms with Crippen LogP contribution in [0.5, 0.6) is 0 Å². The van der Waals surface area contributed by atoms with Gasteiger partial charge in [0.15, 0.2) is 0 Å². The van der Waals surface area contributed by atoms with Gasteiger partial charge >= 0.3 is 0 Å². The number of benzene rings is 1. The van der Waals surface area contributed by atoms with Crippen LogP contribution in [0.4, 0.5) is 0 Å². The number of rotatable bonds is 4. The van der Waals surface area contributed by atoms with E-state index < -0.39 is 11.8 Å². The maximum atomic E-state index is 12.3. The minimum Gasteiger partial charge on any atom is -0.288 e. The number of nitrogens with one attached hydrogen (secondary N) is 1. The summed E-state index contributed by atoms with van der Waals surface area (Å²) in [7, 11) is 0. The van der Waals surface area contributed by atoms with Crippen molar-refractivity contribution in [3.05, 3.63) is 70.4 Å². The third-order valence-electron chi connectivity index (χ3n) is 2.77. The molecule has 0 fully saturated rings. The van der Waals surface area contributed by atoms with Gasteiger partial charge in [-0.05, 0) is 30.0 Å². The third kappa shape index (κ3) is 4.00. The van der Waals surface area contributed by atoms with Crippen molar-refractivity contribution in [3.63, 3.8) is 0 Å². The topological polar surface area (TPSA) is 46.2 Å². The standard InChI is InChI=1S/C17H15NO2S/c1-12(2)16(19)18-17(20)15(11-14-9-6-10-21-14)13-7-4-3-5-8-13/h3-11H,1H2,2H3,(H,18,19,20)/b15-11+. The second-order valence-corrected chi connectivity index (χ2v) is 5.48. The van der Waals surface area contributed by atoms with Crippen LogP contribution < -0.4 is 5.32 Å². The molecule has 0 bridgehead atoms. The molecular formula is C17H15NO2S. The molecule has 0 aliphatic rings. The fourth-order valence-electron chi connectivity index (χ4n) is 1.69. The summed E-state index contributed by atoms with van der Waals surface area (Å²) < 4.78 is 0. The van der Waals surface area contributed by atoms with Gasteiger partial charge in [0.05, 0.1) is 0 Å². The van der Waals surface area contributed by atoms with Crippen molar-refractivity contribution in [2.24, 2.45) is 0 Å². The molecule has 1 N–H and O–H groups in total. The van der Waals surface area contributed by atoms with Gasteiger partial charge in [0.2, 0.25) is 0 Å². The number of hydrogen-bond acceptors (Lipinski definition) is 3. The molecule has 0 saturated carbocycles. The Morgan fingerprint density at radius 3 is 2.38 bits per heavy atom. The maximum absolute atomic E-state index is 12.3. The van der Waals surface area contributed by atoms with E-state index >= 15 is 0 Å². The van der Waals surface area contributed by atoms with Crippen molar-refractivity contribution in [3.8, 4) is 0 Å². The zero-order chi connectivity index (χ0) is 15.2. The molecular weight excluding hydrogens is 282 g/mol. The van der Waals surface area contributed by atoms with Gasteiger partial charge in [0.1, 0.15) is 0 Å². The molecule has 2 amide bonds. The number of carbonyl (C=O) groups excluding carboxylic acids is 2. The van der Waals surface area contributed by atoms with Crippen molar-refractivity contribution in [2.75, 3.05) is 0 Å². The lowest BCUT2D eigenvalue weighted by Gasteiger charge is -2.08. The lowest BCUT2D eigenvalue weighted by molar-refractivity contribution is -0.125. The zero-order valence-electron chi connectivity index (χ0n) is 11.6. The van der Waals surface area contributed by atoms with Gasteiger partial charge in [-0.2, -0.15) is 0 Å². The Bertz CT molecular complexity index is 685. The van der Waals surface area contributed by atoms with E-state index in [0.29, 0.717) is 11.1 Å². The smallest absolute Gasteiger partial charge is 0.258 e. The highest BCUT2D eigenvalue weighted by Crippen LogP contribution is 2.21. The van der Waals surface area contributed by atoms with E-state index in [-0.39, 0.29) is 0 Å². The van der Waals surface area contributed by atoms with Gasteiger partial charge in [-0.1, -0.05) is 43.0 Å². The van der Waals surface area contributed by atoms with E-state index in [9.17, 15) is 9.59 Å². The molecule has 0 unspecified atom stereocenters. The van der Waals surface area contributed by atoms with E-state index in [1.807, 2.05) is 47.8 Å². The highest BCUT2D eigenvalue weighted by Gasteiger charge is 2.15. The number of imide groups is 1. The molecule has 2 rings (SSSR count). The first-order valence-electron chi connectivity index (χ1n) is 6.40. The predicted octanol–water partition coefficient (Wildman–Crippen LogP) is 3.51. The average Bonchev–Trinajstić information content (AvgIpc) is 2.98. The number of thiophene rings is 1. The first-order chi connectivity index (χ1) is 10.1. The summed E-state index contributed by atoms with van der Waals surface area (Å²) in [6, 6.07) is 13.1. The molecule has 0 saturated heterocycles. The van der Waals surface area contributed by atoms with Crippen LogP contribution in [0.25, 0.3) is 11.6 Å². The van der Waals surface area contributed by atoms with Crippen LogP contribution in [0, 0.1) is 0 Å². The summed E-state index contributed by atoms with van der Waals surface area (Å²) in [4.78, 5) is 24.9. The second-order valence-electron chi connectivity index (χ2n) is 4.50. The summed E-state index contributed by atoms with van der Waals surface area (Å²) in [5.74, 6) is -0.893. The lowest BCUT2D eigenvalue weighted by atomic mass is 10.0. The van der Waals surface area contributed by atoms with Gasteiger partial charge in [0.25, 0.3) is 11.8 Å². The van der Waals surface area contributed by atoms with Crippen molar-refractivity contribution in [1.82, 2.24) is 5.32 Å². The molecule has 4 heteroatoms. The van der Waals surface area contributed by atoms with Crippen molar-refractivity contribution in [1.29, 1.82) is 0 Å². The largest absolute Gasteiger partial charge is 0.288 e. The van der Waals surface area contributed by atoms with E-state index in [4.69, 9.17) is 0 Å². The summed E-state index contributed by atoms with van der Waals surface area (Å²) in [5.41, 5.74) is 1.51. The van der Waals surface area contributed by atoms with Gasteiger partial charge in [-0.25, -0.2) is 0 Å². The molecule has 106 valence electrons. The van der Waals surface area contributed by atoms with E-state index in [1.165, 1.54) is 11.3 Å². The molecule has 0 atom stereocenters. The highest BCUT2D eigenvalue weighted by atomic mass is 32.1. The molecule has 0 spiro atoms. The van der Waals surface area contributed by atoms with Crippen molar-refractivity contribution < 1.29 is 9.59 Å². The third-order valence-corrected chi connectivity index (χ3v) is 3.59.